The van der Waals surface area contributed by atoms with Crippen molar-refractivity contribution in [3.8, 4) is 11.4 Å². The number of rotatable bonds is 3. The summed E-state index contributed by atoms with van der Waals surface area (Å²) in [7, 11) is 0. The quantitative estimate of drug-likeness (QED) is 0.829. The highest BCUT2D eigenvalue weighted by Crippen LogP contribution is 2.54. The van der Waals surface area contributed by atoms with Crippen LogP contribution in [0, 0.1) is 0 Å². The fourth-order valence-corrected chi connectivity index (χ4v) is 4.96. The van der Waals surface area contributed by atoms with Gasteiger partial charge in [0.15, 0.2) is 6.04 Å². The van der Waals surface area contributed by atoms with E-state index in [1.807, 2.05) is 32.0 Å². The number of hydrogen-bond acceptors (Lipinski definition) is 6. The van der Waals surface area contributed by atoms with Gasteiger partial charge < -0.3 is 10.0 Å². The van der Waals surface area contributed by atoms with Gasteiger partial charge in [-0.1, -0.05) is 11.3 Å². The molecule has 124 valence electrons. The zero-order chi connectivity index (χ0) is 17.1. The van der Waals surface area contributed by atoms with Gasteiger partial charge in [0.25, 0.3) is 5.91 Å². The number of β-lactam (4-membered cyclic amide) rings is 1. The Kier molecular flexibility index (Phi) is 3.17. The van der Waals surface area contributed by atoms with Crippen LogP contribution in [0.1, 0.15) is 19.9 Å². The predicted octanol–water partition coefficient (Wildman–Crippen LogP) is 1.03. The zero-order valence-electron chi connectivity index (χ0n) is 13.0. The Bertz CT molecular complexity index is 822. The number of carboxylic acids is 1. The number of pyridine rings is 1. The molecule has 0 bridgehead atoms. The number of carbonyl (C=O) groups is 2. The molecule has 9 heteroatoms. The molecule has 24 heavy (non-hydrogen) atoms. The molecule has 0 aromatic carbocycles. The summed E-state index contributed by atoms with van der Waals surface area (Å²) in [6.07, 6.45) is 3.35. The minimum absolute atomic E-state index is 0.233. The molecule has 2 aromatic rings. The van der Waals surface area contributed by atoms with E-state index in [0.29, 0.717) is 11.4 Å². The molecule has 0 aliphatic carbocycles. The van der Waals surface area contributed by atoms with Crippen LogP contribution in [0.25, 0.3) is 11.4 Å². The molecule has 2 aliphatic heterocycles. The van der Waals surface area contributed by atoms with Crippen LogP contribution in [0.2, 0.25) is 0 Å². The molecule has 1 amide bonds. The van der Waals surface area contributed by atoms with Gasteiger partial charge in [0, 0.05) is 10.9 Å². The molecule has 2 fully saturated rings. The minimum Gasteiger partial charge on any atom is -0.480 e. The number of fused-ring (bicyclic) bond motifs is 1. The van der Waals surface area contributed by atoms with Gasteiger partial charge in [-0.2, -0.15) is 0 Å². The van der Waals surface area contributed by atoms with E-state index in [1.165, 1.54) is 21.3 Å². The van der Waals surface area contributed by atoms with Gasteiger partial charge in [-0.15, -0.1) is 16.9 Å². The number of thioether (sulfide) groups is 1. The van der Waals surface area contributed by atoms with Crippen molar-refractivity contribution in [1.82, 2.24) is 24.9 Å². The molecule has 0 spiro atoms. The number of aromatic nitrogens is 4. The van der Waals surface area contributed by atoms with Crippen LogP contribution in [-0.4, -0.2) is 58.0 Å². The molecule has 0 radical (unpaired) electrons. The molecule has 1 N–H and O–H groups in total. The van der Waals surface area contributed by atoms with Gasteiger partial charge in [-0.3, -0.25) is 9.78 Å². The van der Waals surface area contributed by atoms with Crippen molar-refractivity contribution in [3.05, 3.63) is 30.6 Å². The van der Waals surface area contributed by atoms with Crippen LogP contribution >= 0.6 is 11.8 Å². The van der Waals surface area contributed by atoms with Gasteiger partial charge in [-0.25, -0.2) is 9.48 Å². The molecular formula is C15H15N5O3S. The topological polar surface area (TPSA) is 101 Å². The smallest absolute Gasteiger partial charge is 0.327 e. The second kappa shape index (κ2) is 5.04. The number of nitrogens with zero attached hydrogens (tertiary/aromatic N) is 5. The highest BCUT2D eigenvalue weighted by Gasteiger charge is 2.64. The fraction of sp³-hybridized carbons (Fsp3) is 0.400. The first-order valence-corrected chi connectivity index (χ1v) is 8.34. The van der Waals surface area contributed by atoms with E-state index in [2.05, 4.69) is 15.3 Å². The van der Waals surface area contributed by atoms with E-state index in [-0.39, 0.29) is 11.3 Å². The average molecular weight is 345 g/mol. The first-order chi connectivity index (χ1) is 11.4. The summed E-state index contributed by atoms with van der Waals surface area (Å²) in [5, 5.41) is 17.3. The van der Waals surface area contributed by atoms with Gasteiger partial charge in [0.1, 0.15) is 17.1 Å². The number of hydrogen-bond donors (Lipinski definition) is 1. The standard InChI is InChI=1S/C15H15N5O3S/c1-15(2)11(14(22)23)20-12(21)10(13(20)24-15)19-7-9(17-18-19)8-5-3-4-6-16-8/h3-7,10-11,13H,1-2H3,(H,22,23)/t10-,11+,13-/m1/s1. The predicted molar refractivity (Wildman–Crippen MR) is 86.0 cm³/mol. The molecule has 2 aliphatic rings. The Balaban J connectivity index is 1.63. The van der Waals surface area contributed by atoms with Crippen LogP contribution in [0.4, 0.5) is 0 Å². The van der Waals surface area contributed by atoms with Crippen molar-refractivity contribution in [2.75, 3.05) is 0 Å². The Labute approximate surface area is 141 Å². The third kappa shape index (κ3) is 2.04. The molecule has 4 heterocycles. The highest BCUT2D eigenvalue weighted by atomic mass is 32.2. The van der Waals surface area contributed by atoms with E-state index in [0.717, 1.165) is 0 Å². The lowest BCUT2D eigenvalue weighted by Gasteiger charge is -2.42. The maximum atomic E-state index is 12.5. The summed E-state index contributed by atoms with van der Waals surface area (Å²) in [6.45, 7) is 3.69. The molecule has 0 unspecified atom stereocenters. The average Bonchev–Trinajstić information content (AvgIpc) is 3.10. The normalized spacial score (nSPS) is 27.7. The molecule has 2 saturated heterocycles. The SMILES string of the molecule is CC1(C)S[C@@H]2[C@H](n3cc(-c4ccccn4)nn3)C(=O)N2[C@H]1C(=O)O. The molecule has 2 aromatic heterocycles. The third-order valence-corrected chi connectivity index (χ3v) is 5.93. The van der Waals surface area contributed by atoms with Crippen molar-refractivity contribution in [2.24, 2.45) is 0 Å². The zero-order valence-corrected chi connectivity index (χ0v) is 13.8. The number of carboxylic acid groups (broad SMARTS) is 1. The van der Waals surface area contributed by atoms with Gasteiger partial charge >= 0.3 is 5.97 Å². The van der Waals surface area contributed by atoms with E-state index >= 15 is 0 Å². The Hall–Kier alpha value is -2.42. The molecular weight excluding hydrogens is 330 g/mol. The second-order valence-corrected chi connectivity index (χ2v) is 8.11. The van der Waals surface area contributed by atoms with Crippen molar-refractivity contribution < 1.29 is 14.7 Å². The van der Waals surface area contributed by atoms with E-state index in [1.54, 1.807) is 12.4 Å². The summed E-state index contributed by atoms with van der Waals surface area (Å²) in [4.78, 5) is 29.7. The van der Waals surface area contributed by atoms with Crippen LogP contribution in [0.3, 0.4) is 0 Å². The number of aliphatic carboxylic acids is 1. The highest BCUT2D eigenvalue weighted by molar-refractivity contribution is 8.01. The van der Waals surface area contributed by atoms with Crippen molar-refractivity contribution in [1.29, 1.82) is 0 Å². The summed E-state index contributed by atoms with van der Waals surface area (Å²) in [6, 6.07) is 4.13. The minimum atomic E-state index is -0.977. The fourth-order valence-electron chi connectivity index (χ4n) is 3.28. The van der Waals surface area contributed by atoms with Crippen molar-refractivity contribution in [2.45, 2.75) is 36.1 Å². The van der Waals surface area contributed by atoms with Gasteiger partial charge in [0.2, 0.25) is 0 Å². The van der Waals surface area contributed by atoms with Crippen LogP contribution in [0.5, 0.6) is 0 Å². The first kappa shape index (κ1) is 15.1. The summed E-state index contributed by atoms with van der Waals surface area (Å²) < 4.78 is 0.964. The maximum absolute atomic E-state index is 12.5. The lowest BCUT2D eigenvalue weighted by Crippen LogP contribution is -2.62. The Morgan fingerprint density at radius 1 is 1.33 bits per heavy atom. The number of amides is 1. The van der Waals surface area contributed by atoms with Gasteiger partial charge in [-0.05, 0) is 26.0 Å². The van der Waals surface area contributed by atoms with Crippen LogP contribution < -0.4 is 0 Å². The third-order valence-electron chi connectivity index (χ3n) is 4.37. The van der Waals surface area contributed by atoms with Crippen molar-refractivity contribution in [3.63, 3.8) is 0 Å². The molecule has 3 atom stereocenters. The Morgan fingerprint density at radius 3 is 2.79 bits per heavy atom. The lowest BCUT2D eigenvalue weighted by molar-refractivity contribution is -0.162. The summed E-state index contributed by atoms with van der Waals surface area (Å²) in [5.74, 6) is -1.21. The lowest BCUT2D eigenvalue weighted by atomic mass is 9.96. The summed E-state index contributed by atoms with van der Waals surface area (Å²) >= 11 is 1.49. The van der Waals surface area contributed by atoms with Crippen LogP contribution in [0.15, 0.2) is 30.6 Å². The largest absolute Gasteiger partial charge is 0.480 e. The Morgan fingerprint density at radius 2 is 2.12 bits per heavy atom. The first-order valence-electron chi connectivity index (χ1n) is 7.46. The van der Waals surface area contributed by atoms with Crippen molar-refractivity contribution >= 4 is 23.6 Å². The maximum Gasteiger partial charge on any atom is 0.327 e. The monoisotopic (exact) mass is 345 g/mol. The van der Waals surface area contributed by atoms with E-state index in [9.17, 15) is 14.7 Å². The van der Waals surface area contributed by atoms with Crippen LogP contribution in [-0.2, 0) is 9.59 Å². The van der Waals surface area contributed by atoms with E-state index < -0.39 is 22.8 Å². The molecule has 8 nitrogen and oxygen atoms in total. The second-order valence-electron chi connectivity index (χ2n) is 6.34. The number of carbonyl (C=O) groups excluding carboxylic acids is 1. The molecule has 4 rings (SSSR count). The van der Waals surface area contributed by atoms with E-state index in [4.69, 9.17) is 0 Å². The summed E-state index contributed by atoms with van der Waals surface area (Å²) in [5.41, 5.74) is 1.26. The molecule has 0 saturated carbocycles. The van der Waals surface area contributed by atoms with Gasteiger partial charge in [0.05, 0.1) is 11.9 Å².